The predicted octanol–water partition coefficient (Wildman–Crippen LogP) is 3.00. The molecule has 0 aromatic heterocycles. The van der Waals surface area contributed by atoms with Crippen LogP contribution in [0.2, 0.25) is 5.02 Å². The molecule has 0 aliphatic carbocycles. The second-order valence-corrected chi connectivity index (χ2v) is 7.12. The maximum Gasteiger partial charge on any atom is 0.229 e. The summed E-state index contributed by atoms with van der Waals surface area (Å²) in [6, 6.07) is 7.04. The molecule has 1 fully saturated rings. The highest BCUT2D eigenvalue weighted by atomic mass is 35.5. The van der Waals surface area contributed by atoms with Gasteiger partial charge in [-0.2, -0.15) is 0 Å². The molecule has 0 unspecified atom stereocenters. The van der Waals surface area contributed by atoms with Gasteiger partial charge in [-0.1, -0.05) is 32.4 Å². The Morgan fingerprint density at radius 1 is 1.33 bits per heavy atom. The number of carbonyl (C=O) groups excluding carboxylic acids is 2. The molecule has 1 aromatic carbocycles. The van der Waals surface area contributed by atoms with Crippen LogP contribution in [-0.2, 0) is 9.59 Å². The van der Waals surface area contributed by atoms with Gasteiger partial charge in [0, 0.05) is 30.1 Å². The quantitative estimate of drug-likeness (QED) is 0.933. The van der Waals surface area contributed by atoms with Crippen LogP contribution in [0.5, 0.6) is 0 Å². The van der Waals surface area contributed by atoms with Crippen molar-refractivity contribution in [3.05, 3.63) is 29.3 Å². The molecule has 1 heterocycles. The lowest BCUT2D eigenvalue weighted by molar-refractivity contribution is -0.123. The van der Waals surface area contributed by atoms with Gasteiger partial charge in [0.2, 0.25) is 11.8 Å². The van der Waals surface area contributed by atoms with E-state index < -0.39 is 0 Å². The average molecular weight is 309 g/mol. The molecule has 5 heteroatoms. The minimum Gasteiger partial charge on any atom is -0.351 e. The van der Waals surface area contributed by atoms with Gasteiger partial charge in [-0.3, -0.25) is 9.59 Å². The highest BCUT2D eigenvalue weighted by Crippen LogP contribution is 2.24. The number of benzene rings is 1. The molecular formula is C16H21ClN2O2. The highest BCUT2D eigenvalue weighted by Gasteiger charge is 2.32. The Labute approximate surface area is 130 Å². The maximum absolute atomic E-state index is 12.1. The first kappa shape index (κ1) is 15.8. The second-order valence-electron chi connectivity index (χ2n) is 6.69. The van der Waals surface area contributed by atoms with Crippen LogP contribution in [0.25, 0.3) is 0 Å². The first-order chi connectivity index (χ1) is 9.74. The third-order valence-electron chi connectivity index (χ3n) is 3.32. The number of amides is 2. The molecule has 114 valence electrons. The predicted molar refractivity (Wildman–Crippen MR) is 84.4 cm³/mol. The van der Waals surface area contributed by atoms with Crippen LogP contribution < -0.4 is 10.2 Å². The van der Waals surface area contributed by atoms with E-state index in [9.17, 15) is 9.59 Å². The zero-order valence-corrected chi connectivity index (χ0v) is 13.4. The van der Waals surface area contributed by atoms with E-state index in [1.807, 2.05) is 32.9 Å². The largest absolute Gasteiger partial charge is 0.351 e. The van der Waals surface area contributed by atoms with E-state index >= 15 is 0 Å². The summed E-state index contributed by atoms with van der Waals surface area (Å²) in [4.78, 5) is 25.7. The fraction of sp³-hybridized carbons (Fsp3) is 0.500. The van der Waals surface area contributed by atoms with E-state index in [4.69, 9.17) is 11.6 Å². The molecule has 1 saturated heterocycles. The van der Waals surface area contributed by atoms with Crippen molar-refractivity contribution in [3.8, 4) is 0 Å². The van der Waals surface area contributed by atoms with Crippen LogP contribution in [0.15, 0.2) is 24.3 Å². The number of nitrogens with zero attached hydrogens (tertiary/aromatic N) is 1. The van der Waals surface area contributed by atoms with Crippen LogP contribution >= 0.6 is 11.6 Å². The Balaban J connectivity index is 1.96. The summed E-state index contributed by atoms with van der Waals surface area (Å²) in [7, 11) is 0. The lowest BCUT2D eigenvalue weighted by atomic mass is 9.92. The zero-order chi connectivity index (χ0) is 15.6. The summed E-state index contributed by atoms with van der Waals surface area (Å²) in [6.45, 7) is 6.57. The number of rotatable bonds is 3. The molecule has 1 atom stereocenters. The van der Waals surface area contributed by atoms with Crippen molar-refractivity contribution < 1.29 is 9.59 Å². The maximum atomic E-state index is 12.1. The molecule has 0 spiro atoms. The number of hydrogen-bond acceptors (Lipinski definition) is 2. The van der Waals surface area contributed by atoms with Crippen molar-refractivity contribution in [2.24, 2.45) is 5.41 Å². The number of carbonyl (C=O) groups is 2. The van der Waals surface area contributed by atoms with E-state index in [2.05, 4.69) is 5.32 Å². The van der Waals surface area contributed by atoms with Crippen molar-refractivity contribution >= 4 is 29.1 Å². The molecule has 2 amide bonds. The van der Waals surface area contributed by atoms with E-state index in [0.29, 0.717) is 24.4 Å². The molecular weight excluding hydrogens is 288 g/mol. The smallest absolute Gasteiger partial charge is 0.229 e. The number of hydrogen-bond donors (Lipinski definition) is 1. The van der Waals surface area contributed by atoms with Crippen molar-refractivity contribution in [2.45, 2.75) is 39.7 Å². The summed E-state index contributed by atoms with van der Waals surface area (Å²) < 4.78 is 0. The second kappa shape index (κ2) is 6.06. The molecule has 0 saturated carbocycles. The van der Waals surface area contributed by atoms with Gasteiger partial charge in [0.1, 0.15) is 0 Å². The molecule has 4 nitrogen and oxygen atoms in total. The summed E-state index contributed by atoms with van der Waals surface area (Å²) >= 11 is 5.85. The summed E-state index contributed by atoms with van der Waals surface area (Å²) in [5.41, 5.74) is 0.764. The normalized spacial score (nSPS) is 19.0. The lowest BCUT2D eigenvalue weighted by Crippen LogP contribution is -2.38. The van der Waals surface area contributed by atoms with E-state index in [-0.39, 0.29) is 23.3 Å². The Morgan fingerprint density at radius 2 is 1.95 bits per heavy atom. The Kier molecular flexibility index (Phi) is 4.57. The lowest BCUT2D eigenvalue weighted by Gasteiger charge is -2.20. The summed E-state index contributed by atoms with van der Waals surface area (Å²) in [5, 5.41) is 3.59. The monoisotopic (exact) mass is 308 g/mol. The van der Waals surface area contributed by atoms with Gasteiger partial charge >= 0.3 is 0 Å². The van der Waals surface area contributed by atoms with Gasteiger partial charge in [0.05, 0.1) is 6.04 Å². The molecule has 0 bridgehead atoms. The van der Waals surface area contributed by atoms with Crippen molar-refractivity contribution in [2.75, 3.05) is 11.4 Å². The van der Waals surface area contributed by atoms with Gasteiger partial charge in [0.25, 0.3) is 0 Å². The van der Waals surface area contributed by atoms with E-state index in [0.717, 1.165) is 5.69 Å². The summed E-state index contributed by atoms with van der Waals surface area (Å²) in [6.07, 6.45) is 0.803. The van der Waals surface area contributed by atoms with Gasteiger partial charge < -0.3 is 10.2 Å². The molecule has 1 aliphatic rings. The minimum atomic E-state index is -0.122. The van der Waals surface area contributed by atoms with E-state index in [1.165, 1.54) is 0 Å². The minimum absolute atomic E-state index is 0.00161. The standard InChI is InChI=1S/C16H21ClN2O2/c1-16(2,3)9-14(20)18-12-8-15(21)19(10-12)13-6-4-11(17)5-7-13/h4-7,12H,8-10H2,1-3H3,(H,18,20)/t12-/m1/s1. The SMILES string of the molecule is CC(C)(C)CC(=O)N[C@@H]1CC(=O)N(c2ccc(Cl)cc2)C1. The average Bonchev–Trinajstić information content (AvgIpc) is 2.68. The molecule has 21 heavy (non-hydrogen) atoms. The van der Waals surface area contributed by atoms with Gasteiger partial charge in [-0.15, -0.1) is 0 Å². The van der Waals surface area contributed by atoms with Crippen molar-refractivity contribution in [1.29, 1.82) is 0 Å². The summed E-state index contributed by atoms with van der Waals surface area (Å²) in [5.74, 6) is 0.0247. The topological polar surface area (TPSA) is 49.4 Å². The molecule has 2 rings (SSSR count). The third-order valence-corrected chi connectivity index (χ3v) is 3.57. The molecule has 1 N–H and O–H groups in total. The van der Waals surface area contributed by atoms with E-state index in [1.54, 1.807) is 17.0 Å². The van der Waals surface area contributed by atoms with Crippen LogP contribution in [0.1, 0.15) is 33.6 Å². The van der Waals surface area contributed by atoms with Gasteiger partial charge in [-0.25, -0.2) is 0 Å². The molecule has 1 aromatic rings. The van der Waals surface area contributed by atoms with Crippen LogP contribution in [-0.4, -0.2) is 24.4 Å². The highest BCUT2D eigenvalue weighted by molar-refractivity contribution is 6.30. The zero-order valence-electron chi connectivity index (χ0n) is 12.6. The van der Waals surface area contributed by atoms with Crippen molar-refractivity contribution in [1.82, 2.24) is 5.32 Å². The Hall–Kier alpha value is -1.55. The van der Waals surface area contributed by atoms with Crippen LogP contribution in [0.4, 0.5) is 5.69 Å². The number of anilines is 1. The van der Waals surface area contributed by atoms with Crippen LogP contribution in [0, 0.1) is 5.41 Å². The molecule has 1 aliphatic heterocycles. The van der Waals surface area contributed by atoms with Crippen LogP contribution in [0.3, 0.4) is 0 Å². The number of nitrogens with one attached hydrogen (secondary N) is 1. The fourth-order valence-corrected chi connectivity index (χ4v) is 2.56. The number of halogens is 1. The fourth-order valence-electron chi connectivity index (χ4n) is 2.44. The third kappa shape index (κ3) is 4.46. The molecule has 0 radical (unpaired) electrons. The Bertz CT molecular complexity index is 534. The van der Waals surface area contributed by atoms with Gasteiger partial charge in [0.15, 0.2) is 0 Å². The first-order valence-electron chi connectivity index (χ1n) is 7.10. The van der Waals surface area contributed by atoms with Crippen molar-refractivity contribution in [3.63, 3.8) is 0 Å². The van der Waals surface area contributed by atoms with Gasteiger partial charge in [-0.05, 0) is 29.7 Å². The Morgan fingerprint density at radius 3 is 2.52 bits per heavy atom. The first-order valence-corrected chi connectivity index (χ1v) is 7.48.